The quantitative estimate of drug-likeness (QED) is 0.881. The molecule has 1 N–H and O–H groups in total. The van der Waals surface area contributed by atoms with Crippen molar-refractivity contribution < 1.29 is 5.11 Å². The van der Waals surface area contributed by atoms with Gasteiger partial charge in [0.2, 0.25) is 0 Å². The Morgan fingerprint density at radius 2 is 2.06 bits per heavy atom. The third-order valence-electron chi connectivity index (χ3n) is 3.49. The third-order valence-corrected chi connectivity index (χ3v) is 3.49. The topological polar surface area (TPSA) is 39.6 Å². The van der Waals surface area contributed by atoms with E-state index >= 15 is 0 Å². The van der Waals surface area contributed by atoms with Gasteiger partial charge >= 0.3 is 0 Å². The molecule has 1 unspecified atom stereocenters. The summed E-state index contributed by atoms with van der Waals surface area (Å²) in [6.07, 6.45) is 2.58. The van der Waals surface area contributed by atoms with Crippen LogP contribution >= 0.6 is 0 Å². The number of pyridine rings is 1. The van der Waals surface area contributed by atoms with E-state index in [0.717, 1.165) is 37.6 Å². The lowest BCUT2D eigenvalue weighted by Crippen LogP contribution is -2.46. The van der Waals surface area contributed by atoms with E-state index in [0.29, 0.717) is 0 Å². The Bertz CT molecular complexity index is 373. The van der Waals surface area contributed by atoms with Gasteiger partial charge in [0, 0.05) is 32.4 Å². The van der Waals surface area contributed by atoms with Crippen LogP contribution in [0.1, 0.15) is 31.9 Å². The lowest BCUT2D eigenvalue weighted by Gasteiger charge is -2.35. The lowest BCUT2D eigenvalue weighted by molar-refractivity contribution is 0.199. The molecule has 1 aliphatic heterocycles. The predicted octanol–water partition coefficient (Wildman–Crippen LogP) is 1.67. The predicted molar refractivity (Wildman–Crippen MR) is 73.8 cm³/mol. The van der Waals surface area contributed by atoms with E-state index in [1.807, 2.05) is 12.1 Å². The first kappa shape index (κ1) is 13.3. The lowest BCUT2D eigenvalue weighted by atomic mass is 10.1. The average molecular weight is 249 g/mol. The van der Waals surface area contributed by atoms with Crippen LogP contribution in [-0.2, 0) is 0 Å². The number of anilines is 1. The molecule has 0 bridgehead atoms. The summed E-state index contributed by atoms with van der Waals surface area (Å²) in [6, 6.07) is 3.88. The van der Waals surface area contributed by atoms with Gasteiger partial charge in [0.15, 0.2) is 0 Å². The first-order chi connectivity index (χ1) is 8.70. The van der Waals surface area contributed by atoms with Gasteiger partial charge in [-0.05, 0) is 37.6 Å². The number of aromatic nitrogens is 1. The first-order valence-corrected chi connectivity index (χ1v) is 6.82. The molecule has 2 rings (SSSR count). The average Bonchev–Trinajstić information content (AvgIpc) is 2.40. The molecular weight excluding hydrogens is 226 g/mol. The van der Waals surface area contributed by atoms with Crippen molar-refractivity contribution in [3.05, 3.63) is 23.9 Å². The molecule has 0 radical (unpaired) electrons. The molecule has 2 heterocycles. The van der Waals surface area contributed by atoms with Gasteiger partial charge in [-0.25, -0.2) is 4.98 Å². The molecule has 4 nitrogen and oxygen atoms in total. The van der Waals surface area contributed by atoms with Crippen LogP contribution in [0.2, 0.25) is 0 Å². The number of rotatable bonds is 4. The number of hydrogen-bond acceptors (Lipinski definition) is 4. The second-order valence-electron chi connectivity index (χ2n) is 4.95. The van der Waals surface area contributed by atoms with E-state index < -0.39 is 6.10 Å². The van der Waals surface area contributed by atoms with Crippen molar-refractivity contribution in [2.45, 2.75) is 26.4 Å². The fraction of sp³-hybridized carbons (Fsp3) is 0.643. The molecule has 0 spiro atoms. The molecule has 1 fully saturated rings. The zero-order valence-corrected chi connectivity index (χ0v) is 11.3. The molecule has 1 aromatic rings. The van der Waals surface area contributed by atoms with Gasteiger partial charge in [0.05, 0.1) is 6.10 Å². The fourth-order valence-corrected chi connectivity index (χ4v) is 2.38. The van der Waals surface area contributed by atoms with Gasteiger partial charge < -0.3 is 10.0 Å². The van der Waals surface area contributed by atoms with Crippen LogP contribution in [0.15, 0.2) is 18.3 Å². The minimum Gasteiger partial charge on any atom is -0.389 e. The molecule has 0 aromatic carbocycles. The van der Waals surface area contributed by atoms with Crippen LogP contribution in [0.4, 0.5) is 5.82 Å². The molecule has 4 heteroatoms. The number of aliphatic hydroxyl groups is 1. The molecule has 1 atom stereocenters. The van der Waals surface area contributed by atoms with Crippen LogP contribution in [0.25, 0.3) is 0 Å². The molecule has 1 aliphatic rings. The highest BCUT2D eigenvalue weighted by atomic mass is 16.3. The normalized spacial score (nSPS) is 18.9. The van der Waals surface area contributed by atoms with Crippen molar-refractivity contribution in [1.29, 1.82) is 0 Å². The summed E-state index contributed by atoms with van der Waals surface area (Å²) in [5, 5.41) is 9.60. The van der Waals surface area contributed by atoms with Crippen molar-refractivity contribution in [2.75, 3.05) is 37.6 Å². The van der Waals surface area contributed by atoms with Crippen LogP contribution < -0.4 is 4.90 Å². The summed E-state index contributed by atoms with van der Waals surface area (Å²) in [5.74, 6) is 0.990. The van der Waals surface area contributed by atoms with Gasteiger partial charge in [-0.3, -0.25) is 4.90 Å². The van der Waals surface area contributed by atoms with Gasteiger partial charge in [-0.15, -0.1) is 0 Å². The van der Waals surface area contributed by atoms with E-state index in [2.05, 4.69) is 21.7 Å². The highest BCUT2D eigenvalue weighted by molar-refractivity contribution is 5.42. The summed E-state index contributed by atoms with van der Waals surface area (Å²) in [5.41, 5.74) is 0.941. The van der Waals surface area contributed by atoms with Crippen molar-refractivity contribution in [3.8, 4) is 0 Å². The zero-order valence-electron chi connectivity index (χ0n) is 11.3. The second-order valence-corrected chi connectivity index (χ2v) is 4.95. The van der Waals surface area contributed by atoms with E-state index in [1.54, 1.807) is 13.1 Å². The Balaban J connectivity index is 1.98. The first-order valence-electron chi connectivity index (χ1n) is 6.82. The molecule has 0 saturated carbocycles. The van der Waals surface area contributed by atoms with Crippen molar-refractivity contribution in [2.24, 2.45) is 0 Å². The summed E-state index contributed by atoms with van der Waals surface area (Å²) in [7, 11) is 0. The van der Waals surface area contributed by atoms with Crippen LogP contribution in [0, 0.1) is 0 Å². The van der Waals surface area contributed by atoms with Crippen molar-refractivity contribution in [1.82, 2.24) is 9.88 Å². The number of nitrogens with zero attached hydrogens (tertiary/aromatic N) is 3. The third kappa shape index (κ3) is 3.21. The van der Waals surface area contributed by atoms with Crippen molar-refractivity contribution >= 4 is 5.82 Å². The zero-order chi connectivity index (χ0) is 13.0. The Morgan fingerprint density at radius 1 is 1.33 bits per heavy atom. The van der Waals surface area contributed by atoms with E-state index in [4.69, 9.17) is 0 Å². The maximum Gasteiger partial charge on any atom is 0.128 e. The van der Waals surface area contributed by atoms with Crippen LogP contribution in [0.5, 0.6) is 0 Å². The summed E-state index contributed by atoms with van der Waals surface area (Å²) < 4.78 is 0. The smallest absolute Gasteiger partial charge is 0.128 e. The minimum atomic E-state index is -0.423. The SMILES string of the molecule is CCCN1CCN(c2cc(C(C)O)ccn2)CC1. The van der Waals surface area contributed by atoms with Crippen molar-refractivity contribution in [3.63, 3.8) is 0 Å². The second kappa shape index (κ2) is 6.16. The summed E-state index contributed by atoms with van der Waals surface area (Å²) in [4.78, 5) is 9.21. The standard InChI is InChI=1S/C14H23N3O/c1-3-6-16-7-9-17(10-8-16)14-11-13(12(2)18)4-5-15-14/h4-5,11-12,18H,3,6-10H2,1-2H3. The van der Waals surface area contributed by atoms with E-state index in [9.17, 15) is 5.11 Å². The van der Waals surface area contributed by atoms with Gasteiger partial charge in [0.25, 0.3) is 0 Å². The van der Waals surface area contributed by atoms with E-state index in [-0.39, 0.29) is 0 Å². The van der Waals surface area contributed by atoms with Gasteiger partial charge in [0.1, 0.15) is 5.82 Å². The highest BCUT2D eigenvalue weighted by Crippen LogP contribution is 2.19. The maximum atomic E-state index is 9.60. The highest BCUT2D eigenvalue weighted by Gasteiger charge is 2.17. The maximum absolute atomic E-state index is 9.60. The number of aliphatic hydroxyl groups excluding tert-OH is 1. The Labute approximate surface area is 109 Å². The molecule has 1 saturated heterocycles. The van der Waals surface area contributed by atoms with Crippen LogP contribution in [-0.4, -0.2) is 47.7 Å². The molecule has 1 aromatic heterocycles. The monoisotopic (exact) mass is 249 g/mol. The molecular formula is C14H23N3O. The summed E-state index contributed by atoms with van der Waals surface area (Å²) in [6.45, 7) is 9.46. The molecule has 18 heavy (non-hydrogen) atoms. The largest absolute Gasteiger partial charge is 0.389 e. The Morgan fingerprint density at radius 3 is 2.67 bits per heavy atom. The fourth-order valence-electron chi connectivity index (χ4n) is 2.38. The van der Waals surface area contributed by atoms with Gasteiger partial charge in [-0.1, -0.05) is 6.92 Å². The molecule has 0 aliphatic carbocycles. The number of piperazine rings is 1. The summed E-state index contributed by atoms with van der Waals surface area (Å²) >= 11 is 0. The number of hydrogen-bond donors (Lipinski definition) is 1. The van der Waals surface area contributed by atoms with E-state index in [1.165, 1.54) is 13.0 Å². The van der Waals surface area contributed by atoms with Gasteiger partial charge in [-0.2, -0.15) is 0 Å². The Hall–Kier alpha value is -1.13. The molecule has 100 valence electrons. The molecule has 0 amide bonds. The minimum absolute atomic E-state index is 0.423. The van der Waals surface area contributed by atoms with Crippen LogP contribution in [0.3, 0.4) is 0 Å². The Kier molecular flexibility index (Phi) is 4.55.